The van der Waals surface area contributed by atoms with Crippen LogP contribution < -0.4 is 5.32 Å². The van der Waals surface area contributed by atoms with Gasteiger partial charge in [-0.3, -0.25) is 4.98 Å². The molecule has 1 N–H and O–H groups in total. The Balaban J connectivity index is 1.46. The van der Waals surface area contributed by atoms with Crippen molar-refractivity contribution in [3.63, 3.8) is 0 Å². The Hall–Kier alpha value is -0.930. The SMILES string of the molecule is c1cc(C2CCN(CC3CCCNC3)CC2)ccn1. The van der Waals surface area contributed by atoms with Crippen LogP contribution in [0.3, 0.4) is 0 Å². The third-order valence-electron chi connectivity index (χ3n) is 4.68. The Morgan fingerprint density at radius 3 is 2.63 bits per heavy atom. The lowest BCUT2D eigenvalue weighted by Crippen LogP contribution is -2.41. The summed E-state index contributed by atoms with van der Waals surface area (Å²) in [6, 6.07) is 4.37. The van der Waals surface area contributed by atoms with Gasteiger partial charge in [-0.15, -0.1) is 0 Å². The minimum atomic E-state index is 0.753. The van der Waals surface area contributed by atoms with Crippen LogP contribution in [0.4, 0.5) is 0 Å². The summed E-state index contributed by atoms with van der Waals surface area (Å²) in [5, 5.41) is 3.53. The van der Waals surface area contributed by atoms with Gasteiger partial charge in [0, 0.05) is 18.9 Å². The summed E-state index contributed by atoms with van der Waals surface area (Å²) in [7, 11) is 0. The number of nitrogens with one attached hydrogen (secondary N) is 1. The van der Waals surface area contributed by atoms with Crippen LogP contribution in [0.15, 0.2) is 24.5 Å². The van der Waals surface area contributed by atoms with E-state index < -0.39 is 0 Å². The first kappa shape index (κ1) is 13.1. The maximum absolute atomic E-state index is 4.12. The molecule has 19 heavy (non-hydrogen) atoms. The molecule has 3 rings (SSSR count). The maximum Gasteiger partial charge on any atom is 0.0270 e. The van der Waals surface area contributed by atoms with E-state index in [1.165, 1.54) is 64.0 Å². The van der Waals surface area contributed by atoms with Gasteiger partial charge in [-0.25, -0.2) is 0 Å². The van der Waals surface area contributed by atoms with E-state index in [2.05, 4.69) is 27.3 Å². The van der Waals surface area contributed by atoms with E-state index in [0.29, 0.717) is 0 Å². The third kappa shape index (κ3) is 3.54. The van der Waals surface area contributed by atoms with Crippen LogP contribution in [0.5, 0.6) is 0 Å². The Bertz CT molecular complexity index is 365. The van der Waals surface area contributed by atoms with E-state index in [1.807, 2.05) is 12.4 Å². The predicted molar refractivity (Wildman–Crippen MR) is 78.2 cm³/mol. The molecule has 1 unspecified atom stereocenters. The summed E-state index contributed by atoms with van der Waals surface area (Å²) < 4.78 is 0. The Kier molecular flexibility index (Phi) is 4.46. The molecule has 0 aliphatic carbocycles. The molecular weight excluding hydrogens is 234 g/mol. The van der Waals surface area contributed by atoms with Crippen LogP contribution in [0.25, 0.3) is 0 Å². The zero-order valence-corrected chi connectivity index (χ0v) is 11.7. The number of aromatic nitrogens is 1. The zero-order chi connectivity index (χ0) is 12.9. The van der Waals surface area contributed by atoms with Gasteiger partial charge < -0.3 is 10.2 Å². The summed E-state index contributed by atoms with van der Waals surface area (Å²) in [5.74, 6) is 1.63. The first-order valence-corrected chi connectivity index (χ1v) is 7.75. The van der Waals surface area contributed by atoms with Crippen molar-refractivity contribution in [3.05, 3.63) is 30.1 Å². The molecule has 2 aliphatic heterocycles. The van der Waals surface area contributed by atoms with Gasteiger partial charge in [0.1, 0.15) is 0 Å². The van der Waals surface area contributed by atoms with Gasteiger partial charge in [0.05, 0.1) is 0 Å². The van der Waals surface area contributed by atoms with E-state index in [0.717, 1.165) is 11.8 Å². The number of piperidine rings is 2. The van der Waals surface area contributed by atoms with Crippen LogP contribution in [0.2, 0.25) is 0 Å². The topological polar surface area (TPSA) is 28.2 Å². The molecular formula is C16H25N3. The summed E-state index contributed by atoms with van der Waals surface area (Å²) in [4.78, 5) is 6.79. The third-order valence-corrected chi connectivity index (χ3v) is 4.68. The highest BCUT2D eigenvalue weighted by Gasteiger charge is 2.23. The predicted octanol–water partition coefficient (Wildman–Crippen LogP) is 2.26. The molecule has 0 spiro atoms. The second-order valence-corrected chi connectivity index (χ2v) is 6.07. The summed E-state index contributed by atoms with van der Waals surface area (Å²) in [5.41, 5.74) is 1.48. The molecule has 1 atom stereocenters. The summed E-state index contributed by atoms with van der Waals surface area (Å²) in [6.07, 6.45) is 9.24. The van der Waals surface area contributed by atoms with Gasteiger partial charge in [0.25, 0.3) is 0 Å². The first-order valence-electron chi connectivity index (χ1n) is 7.75. The fraction of sp³-hybridized carbons (Fsp3) is 0.688. The molecule has 1 aromatic rings. The zero-order valence-electron chi connectivity index (χ0n) is 11.7. The molecule has 3 heterocycles. The van der Waals surface area contributed by atoms with Crippen LogP contribution in [-0.2, 0) is 0 Å². The monoisotopic (exact) mass is 259 g/mol. The fourth-order valence-corrected chi connectivity index (χ4v) is 3.53. The molecule has 104 valence electrons. The lowest BCUT2D eigenvalue weighted by molar-refractivity contribution is 0.169. The molecule has 0 saturated carbocycles. The smallest absolute Gasteiger partial charge is 0.0270 e. The van der Waals surface area contributed by atoms with Gasteiger partial charge in [0.15, 0.2) is 0 Å². The van der Waals surface area contributed by atoms with Crippen LogP contribution in [0, 0.1) is 5.92 Å². The average molecular weight is 259 g/mol. The van der Waals surface area contributed by atoms with Crippen molar-refractivity contribution in [2.45, 2.75) is 31.6 Å². The average Bonchev–Trinajstić information content (AvgIpc) is 2.50. The van der Waals surface area contributed by atoms with Crippen LogP contribution >= 0.6 is 0 Å². The number of rotatable bonds is 3. The normalized spacial score (nSPS) is 26.4. The molecule has 2 aliphatic rings. The van der Waals surface area contributed by atoms with E-state index in [1.54, 1.807) is 0 Å². The van der Waals surface area contributed by atoms with Gasteiger partial charge in [0.2, 0.25) is 0 Å². The van der Waals surface area contributed by atoms with Crippen molar-refractivity contribution in [1.29, 1.82) is 0 Å². The minimum absolute atomic E-state index is 0.753. The lowest BCUT2D eigenvalue weighted by atomic mass is 9.89. The van der Waals surface area contributed by atoms with E-state index in [4.69, 9.17) is 0 Å². The molecule has 3 heteroatoms. The van der Waals surface area contributed by atoms with Crippen molar-refractivity contribution >= 4 is 0 Å². The van der Waals surface area contributed by atoms with Gasteiger partial charge in [-0.1, -0.05) is 0 Å². The number of hydrogen-bond donors (Lipinski definition) is 1. The highest BCUT2D eigenvalue weighted by Crippen LogP contribution is 2.28. The molecule has 0 aromatic carbocycles. The minimum Gasteiger partial charge on any atom is -0.316 e. The first-order chi connectivity index (χ1) is 9.42. The van der Waals surface area contributed by atoms with Crippen molar-refractivity contribution in [2.24, 2.45) is 5.92 Å². The molecule has 1 aromatic heterocycles. The van der Waals surface area contributed by atoms with Crippen LogP contribution in [0.1, 0.15) is 37.2 Å². The molecule has 0 amide bonds. The maximum atomic E-state index is 4.12. The van der Waals surface area contributed by atoms with E-state index >= 15 is 0 Å². The standard InChI is InChI=1S/C16H25N3/c1-2-14(12-18-7-1)13-19-10-5-16(6-11-19)15-3-8-17-9-4-15/h3-4,8-9,14,16,18H,1-2,5-7,10-13H2. The number of hydrogen-bond acceptors (Lipinski definition) is 3. The van der Waals surface area contributed by atoms with E-state index in [-0.39, 0.29) is 0 Å². The number of likely N-dealkylation sites (tertiary alicyclic amines) is 1. The highest BCUT2D eigenvalue weighted by molar-refractivity contribution is 5.16. The summed E-state index contributed by atoms with van der Waals surface area (Å²) in [6.45, 7) is 6.29. The molecule has 0 bridgehead atoms. The van der Waals surface area contributed by atoms with Crippen molar-refractivity contribution in [2.75, 3.05) is 32.7 Å². The van der Waals surface area contributed by atoms with Crippen LogP contribution in [-0.4, -0.2) is 42.6 Å². The van der Waals surface area contributed by atoms with Gasteiger partial charge in [-0.05, 0) is 81.4 Å². The second-order valence-electron chi connectivity index (χ2n) is 6.07. The molecule has 2 fully saturated rings. The van der Waals surface area contributed by atoms with E-state index in [9.17, 15) is 0 Å². The Labute approximate surface area is 116 Å². The molecule has 0 radical (unpaired) electrons. The Morgan fingerprint density at radius 2 is 1.95 bits per heavy atom. The fourth-order valence-electron chi connectivity index (χ4n) is 3.53. The molecule has 3 nitrogen and oxygen atoms in total. The highest BCUT2D eigenvalue weighted by atomic mass is 15.1. The van der Waals surface area contributed by atoms with Gasteiger partial charge >= 0.3 is 0 Å². The van der Waals surface area contributed by atoms with Crippen molar-refractivity contribution in [1.82, 2.24) is 15.2 Å². The van der Waals surface area contributed by atoms with Crippen molar-refractivity contribution < 1.29 is 0 Å². The number of nitrogens with zero attached hydrogens (tertiary/aromatic N) is 2. The molecule has 2 saturated heterocycles. The van der Waals surface area contributed by atoms with Gasteiger partial charge in [-0.2, -0.15) is 0 Å². The number of pyridine rings is 1. The second kappa shape index (κ2) is 6.49. The lowest BCUT2D eigenvalue weighted by Gasteiger charge is -2.35. The Morgan fingerprint density at radius 1 is 1.16 bits per heavy atom. The van der Waals surface area contributed by atoms with Crippen molar-refractivity contribution in [3.8, 4) is 0 Å². The quantitative estimate of drug-likeness (QED) is 0.902. The summed E-state index contributed by atoms with van der Waals surface area (Å²) >= 11 is 0. The largest absolute Gasteiger partial charge is 0.316 e.